The van der Waals surface area contributed by atoms with Gasteiger partial charge in [-0.15, -0.1) is 0 Å². The molecule has 138 valence electrons. The van der Waals surface area contributed by atoms with Gasteiger partial charge < -0.3 is 19.9 Å². The third kappa shape index (κ3) is 4.88. The van der Waals surface area contributed by atoms with Crippen LogP contribution in [0.3, 0.4) is 0 Å². The molecule has 5 heteroatoms. The first-order chi connectivity index (χ1) is 12.2. The van der Waals surface area contributed by atoms with Crippen LogP contribution in [-0.2, 0) is 4.74 Å². The molecule has 0 atom stereocenters. The van der Waals surface area contributed by atoms with Crippen LogP contribution >= 0.6 is 0 Å². The number of hydrogen-bond donors (Lipinski definition) is 1. The maximum atomic E-state index is 12.4. The summed E-state index contributed by atoms with van der Waals surface area (Å²) in [7, 11) is 2.12. The average molecular weight is 345 g/mol. The van der Waals surface area contributed by atoms with Crippen LogP contribution in [0.5, 0.6) is 0 Å². The molecular weight excluding hydrogens is 314 g/mol. The molecule has 2 fully saturated rings. The summed E-state index contributed by atoms with van der Waals surface area (Å²) in [4.78, 5) is 16.6. The first-order valence-electron chi connectivity index (χ1n) is 9.55. The zero-order valence-corrected chi connectivity index (χ0v) is 15.4. The van der Waals surface area contributed by atoms with Crippen LogP contribution in [0.25, 0.3) is 0 Å². The second-order valence-electron chi connectivity index (χ2n) is 7.48. The van der Waals surface area contributed by atoms with Crippen LogP contribution in [0, 0.1) is 5.41 Å². The summed E-state index contributed by atoms with van der Waals surface area (Å²) in [6, 6.07) is 10.5. The molecule has 0 radical (unpaired) electrons. The minimum atomic E-state index is 0.111. The van der Waals surface area contributed by atoms with Crippen LogP contribution in [0.2, 0.25) is 0 Å². The highest BCUT2D eigenvalue weighted by atomic mass is 16.5. The Hall–Kier alpha value is -1.75. The van der Waals surface area contributed by atoms with E-state index in [0.717, 1.165) is 71.5 Å². The summed E-state index contributed by atoms with van der Waals surface area (Å²) < 4.78 is 5.47. The van der Waals surface area contributed by atoms with Crippen molar-refractivity contribution >= 4 is 11.7 Å². The van der Waals surface area contributed by atoms with Gasteiger partial charge in [0.15, 0.2) is 0 Å². The van der Waals surface area contributed by atoms with Crippen LogP contribution in [0.4, 0.5) is 10.5 Å². The van der Waals surface area contributed by atoms with E-state index in [-0.39, 0.29) is 6.03 Å². The molecule has 0 bridgehead atoms. The Morgan fingerprint density at radius 3 is 2.72 bits per heavy atom. The third-order valence-electron chi connectivity index (χ3n) is 5.67. The number of benzene rings is 1. The van der Waals surface area contributed by atoms with Crippen molar-refractivity contribution in [3.63, 3.8) is 0 Å². The number of anilines is 1. The summed E-state index contributed by atoms with van der Waals surface area (Å²) in [5, 5.41) is 3.10. The van der Waals surface area contributed by atoms with E-state index in [1.807, 2.05) is 11.0 Å². The number of ether oxygens (including phenoxy) is 1. The molecule has 0 aliphatic carbocycles. The van der Waals surface area contributed by atoms with E-state index in [2.05, 4.69) is 41.5 Å². The van der Waals surface area contributed by atoms with Gasteiger partial charge in [-0.2, -0.15) is 0 Å². The summed E-state index contributed by atoms with van der Waals surface area (Å²) in [5.41, 5.74) is 1.57. The lowest BCUT2D eigenvalue weighted by atomic mass is 9.80. The van der Waals surface area contributed by atoms with Crippen LogP contribution in [0.1, 0.15) is 32.1 Å². The Kier molecular flexibility index (Phi) is 6.19. The number of amides is 2. The molecular formula is C20H31N3O2. The van der Waals surface area contributed by atoms with E-state index in [1.54, 1.807) is 0 Å². The highest BCUT2D eigenvalue weighted by molar-refractivity contribution is 5.74. The number of hydrogen-bond acceptors (Lipinski definition) is 3. The van der Waals surface area contributed by atoms with E-state index < -0.39 is 0 Å². The van der Waals surface area contributed by atoms with Crippen LogP contribution in [0.15, 0.2) is 30.3 Å². The van der Waals surface area contributed by atoms with Crippen LogP contribution < -0.4 is 10.2 Å². The predicted octanol–water partition coefficient (Wildman–Crippen LogP) is 3.12. The van der Waals surface area contributed by atoms with Crippen molar-refractivity contribution < 1.29 is 9.53 Å². The maximum Gasteiger partial charge on any atom is 0.317 e. The standard InChI is InChI=1S/C20H31N3O2/c1-22(18-7-3-2-4-8-18)13-6-5-12-21-19(24)23-14-9-20(17-23)10-15-25-16-11-20/h2-4,7-8H,5-6,9-17H2,1H3,(H,21,24). The Morgan fingerprint density at radius 2 is 1.96 bits per heavy atom. The molecule has 3 rings (SSSR count). The number of rotatable bonds is 6. The quantitative estimate of drug-likeness (QED) is 0.806. The summed E-state index contributed by atoms with van der Waals surface area (Å²) in [6.45, 7) is 5.26. The first kappa shape index (κ1) is 18.1. The summed E-state index contributed by atoms with van der Waals surface area (Å²) >= 11 is 0. The molecule has 1 aromatic rings. The summed E-state index contributed by atoms with van der Waals surface area (Å²) in [5.74, 6) is 0. The van der Waals surface area contributed by atoms with Gasteiger partial charge >= 0.3 is 6.03 Å². The van der Waals surface area contributed by atoms with Crippen LogP contribution in [-0.4, -0.2) is 57.4 Å². The van der Waals surface area contributed by atoms with Gasteiger partial charge in [-0.25, -0.2) is 4.79 Å². The molecule has 0 aromatic heterocycles. The first-order valence-corrected chi connectivity index (χ1v) is 9.55. The Balaban J connectivity index is 1.31. The van der Waals surface area contributed by atoms with E-state index in [9.17, 15) is 4.79 Å². The maximum absolute atomic E-state index is 12.4. The molecule has 1 aromatic carbocycles. The number of likely N-dealkylation sites (tertiary alicyclic amines) is 1. The van der Waals surface area contributed by atoms with E-state index in [1.165, 1.54) is 5.69 Å². The largest absolute Gasteiger partial charge is 0.381 e. The molecule has 25 heavy (non-hydrogen) atoms. The van der Waals surface area contributed by atoms with Gasteiger partial charge in [0.1, 0.15) is 0 Å². The van der Waals surface area contributed by atoms with Gasteiger partial charge in [0.05, 0.1) is 0 Å². The van der Waals surface area contributed by atoms with Crippen molar-refractivity contribution in [3.8, 4) is 0 Å². The highest BCUT2D eigenvalue weighted by Gasteiger charge is 2.40. The lowest BCUT2D eigenvalue weighted by Crippen LogP contribution is -2.41. The number of nitrogens with one attached hydrogen (secondary N) is 1. The molecule has 5 nitrogen and oxygen atoms in total. The summed E-state index contributed by atoms with van der Waals surface area (Å²) in [6.07, 6.45) is 5.42. The molecule has 1 N–H and O–H groups in total. The zero-order chi connectivity index (χ0) is 17.5. The fraction of sp³-hybridized carbons (Fsp3) is 0.650. The predicted molar refractivity (Wildman–Crippen MR) is 101 cm³/mol. The number of nitrogens with zero attached hydrogens (tertiary/aromatic N) is 2. The number of unbranched alkanes of at least 4 members (excludes halogenated alkanes) is 1. The van der Waals surface area contributed by atoms with Crippen molar-refractivity contribution in [2.24, 2.45) is 5.41 Å². The minimum absolute atomic E-state index is 0.111. The van der Waals surface area contributed by atoms with Gasteiger partial charge in [-0.1, -0.05) is 18.2 Å². The van der Waals surface area contributed by atoms with Crippen molar-refractivity contribution in [3.05, 3.63) is 30.3 Å². The second kappa shape index (κ2) is 8.56. The zero-order valence-electron chi connectivity index (χ0n) is 15.4. The molecule has 2 aliphatic rings. The lowest BCUT2D eigenvalue weighted by Gasteiger charge is -2.33. The average Bonchev–Trinajstić information content (AvgIpc) is 3.06. The third-order valence-corrected chi connectivity index (χ3v) is 5.67. The fourth-order valence-corrected chi connectivity index (χ4v) is 3.91. The molecule has 2 aliphatic heterocycles. The van der Waals surface area contributed by atoms with Crippen molar-refractivity contribution in [2.45, 2.75) is 32.1 Å². The normalized spacial score (nSPS) is 19.2. The van der Waals surface area contributed by atoms with Gasteiger partial charge in [0.25, 0.3) is 0 Å². The SMILES string of the molecule is CN(CCCCNC(=O)N1CCC2(CCOCC2)C1)c1ccccc1. The van der Waals surface area contributed by atoms with Gasteiger partial charge in [0.2, 0.25) is 0 Å². The molecule has 2 amide bonds. The van der Waals surface area contributed by atoms with E-state index in [0.29, 0.717) is 5.41 Å². The monoisotopic (exact) mass is 345 g/mol. The lowest BCUT2D eigenvalue weighted by molar-refractivity contribution is 0.0209. The fourth-order valence-electron chi connectivity index (χ4n) is 3.91. The highest BCUT2D eigenvalue weighted by Crippen LogP contribution is 2.39. The Bertz CT molecular complexity index is 543. The topological polar surface area (TPSA) is 44.8 Å². The smallest absolute Gasteiger partial charge is 0.317 e. The number of carbonyl (C=O) groups excluding carboxylic acids is 1. The van der Waals surface area contributed by atoms with Crippen molar-refractivity contribution in [1.29, 1.82) is 0 Å². The molecule has 2 saturated heterocycles. The number of carbonyl (C=O) groups is 1. The van der Waals surface area contributed by atoms with E-state index in [4.69, 9.17) is 4.74 Å². The minimum Gasteiger partial charge on any atom is -0.381 e. The van der Waals surface area contributed by atoms with Crippen molar-refractivity contribution in [1.82, 2.24) is 10.2 Å². The van der Waals surface area contributed by atoms with Gasteiger partial charge in [0, 0.05) is 52.1 Å². The molecule has 0 saturated carbocycles. The molecule has 2 heterocycles. The number of para-hydroxylation sites is 1. The van der Waals surface area contributed by atoms with Gasteiger partial charge in [-0.3, -0.25) is 0 Å². The molecule has 1 spiro atoms. The van der Waals surface area contributed by atoms with Crippen molar-refractivity contribution in [2.75, 3.05) is 51.3 Å². The number of urea groups is 1. The Morgan fingerprint density at radius 1 is 1.20 bits per heavy atom. The molecule has 0 unspecified atom stereocenters. The van der Waals surface area contributed by atoms with E-state index >= 15 is 0 Å². The Labute approximate surface area is 151 Å². The van der Waals surface area contributed by atoms with Gasteiger partial charge in [-0.05, 0) is 49.7 Å². The second-order valence-corrected chi connectivity index (χ2v) is 7.48.